The fourth-order valence-corrected chi connectivity index (χ4v) is 2.78. The van der Waals surface area contributed by atoms with E-state index in [2.05, 4.69) is 34.0 Å². The van der Waals surface area contributed by atoms with E-state index in [-0.39, 0.29) is 11.4 Å². The van der Waals surface area contributed by atoms with E-state index < -0.39 is 0 Å². The van der Waals surface area contributed by atoms with Crippen molar-refractivity contribution in [2.75, 3.05) is 5.75 Å². The Hall–Kier alpha value is -2.15. The van der Waals surface area contributed by atoms with Gasteiger partial charge in [-0.05, 0) is 32.4 Å². The molecule has 0 aliphatic rings. The van der Waals surface area contributed by atoms with Crippen LogP contribution in [0.25, 0.3) is 11.4 Å². The van der Waals surface area contributed by atoms with Crippen molar-refractivity contribution in [3.05, 3.63) is 37.2 Å². The first kappa shape index (κ1) is 18.2. The van der Waals surface area contributed by atoms with Gasteiger partial charge < -0.3 is 5.32 Å². The monoisotopic (exact) mass is 345 g/mol. The minimum absolute atomic E-state index is 0.00883. The van der Waals surface area contributed by atoms with Crippen molar-refractivity contribution in [2.45, 2.75) is 44.4 Å². The molecule has 1 N–H and O–H groups in total. The van der Waals surface area contributed by atoms with Gasteiger partial charge in [0.25, 0.3) is 0 Å². The molecule has 2 heterocycles. The van der Waals surface area contributed by atoms with Crippen molar-refractivity contribution in [1.29, 1.82) is 0 Å². The number of carbonyl (C=O) groups excluding carboxylic acids is 1. The van der Waals surface area contributed by atoms with Gasteiger partial charge in [-0.2, -0.15) is 0 Å². The Balaban J connectivity index is 2.12. The van der Waals surface area contributed by atoms with Crippen molar-refractivity contribution in [3.8, 4) is 11.4 Å². The van der Waals surface area contributed by atoms with E-state index in [1.807, 2.05) is 30.5 Å². The molecular formula is C17H23N5OS. The number of nitrogens with zero attached hydrogens (tertiary/aromatic N) is 4. The van der Waals surface area contributed by atoms with E-state index in [0.717, 1.165) is 17.8 Å². The van der Waals surface area contributed by atoms with Crippen LogP contribution < -0.4 is 5.32 Å². The summed E-state index contributed by atoms with van der Waals surface area (Å²) in [5, 5.41) is 12.2. The number of aromatic nitrogens is 4. The maximum absolute atomic E-state index is 12.1. The number of hydrogen-bond acceptors (Lipinski definition) is 5. The zero-order valence-corrected chi connectivity index (χ0v) is 15.1. The van der Waals surface area contributed by atoms with Crippen LogP contribution in [-0.4, -0.2) is 36.9 Å². The van der Waals surface area contributed by atoms with Crippen molar-refractivity contribution >= 4 is 17.7 Å². The highest BCUT2D eigenvalue weighted by Gasteiger charge is 2.19. The predicted molar refractivity (Wildman–Crippen MR) is 96.7 cm³/mol. The van der Waals surface area contributed by atoms with Crippen LogP contribution in [0.4, 0.5) is 0 Å². The number of amides is 1. The van der Waals surface area contributed by atoms with Crippen LogP contribution in [0.5, 0.6) is 0 Å². The third-order valence-corrected chi connectivity index (χ3v) is 4.63. The molecule has 2 rings (SSSR count). The van der Waals surface area contributed by atoms with Crippen LogP contribution in [0, 0.1) is 0 Å². The number of allylic oxidation sites excluding steroid dienone is 1. The predicted octanol–water partition coefficient (Wildman–Crippen LogP) is 2.92. The Morgan fingerprint density at radius 2 is 2.08 bits per heavy atom. The first-order valence-corrected chi connectivity index (χ1v) is 8.83. The third kappa shape index (κ3) is 4.67. The van der Waals surface area contributed by atoms with Crippen molar-refractivity contribution in [1.82, 2.24) is 25.1 Å². The highest BCUT2D eigenvalue weighted by Crippen LogP contribution is 2.23. The number of carbonyl (C=O) groups is 1. The van der Waals surface area contributed by atoms with Gasteiger partial charge in [-0.3, -0.25) is 14.3 Å². The van der Waals surface area contributed by atoms with Gasteiger partial charge in [-0.1, -0.05) is 24.8 Å². The number of nitrogens with one attached hydrogen (secondary N) is 1. The van der Waals surface area contributed by atoms with Crippen LogP contribution in [0.2, 0.25) is 0 Å². The van der Waals surface area contributed by atoms with Crippen LogP contribution in [0.3, 0.4) is 0 Å². The van der Waals surface area contributed by atoms with E-state index in [4.69, 9.17) is 0 Å². The summed E-state index contributed by atoms with van der Waals surface area (Å²) >= 11 is 1.38. The van der Waals surface area contributed by atoms with Crippen molar-refractivity contribution < 1.29 is 4.79 Å². The SMILES string of the molecule is C=CCn1c(SCC(=O)NC(C)(C)CC)nnc1-c1ccncc1. The van der Waals surface area contributed by atoms with Gasteiger partial charge in [0.05, 0.1) is 5.75 Å². The standard InChI is InChI=1S/C17H23N5OS/c1-5-11-22-15(13-7-9-18-10-8-13)20-21-16(22)24-12-14(23)19-17(3,4)6-2/h5,7-10H,1,6,11-12H2,2-4H3,(H,19,23). The molecule has 0 radical (unpaired) electrons. The summed E-state index contributed by atoms with van der Waals surface area (Å²) in [6, 6.07) is 3.77. The van der Waals surface area contributed by atoms with Gasteiger partial charge >= 0.3 is 0 Å². The smallest absolute Gasteiger partial charge is 0.230 e. The molecule has 2 aromatic heterocycles. The van der Waals surface area contributed by atoms with Gasteiger partial charge in [0.1, 0.15) is 0 Å². The molecule has 1 amide bonds. The molecule has 0 atom stereocenters. The molecular weight excluding hydrogens is 322 g/mol. The Bertz CT molecular complexity index is 696. The maximum atomic E-state index is 12.1. The molecule has 24 heavy (non-hydrogen) atoms. The lowest BCUT2D eigenvalue weighted by Crippen LogP contribution is -2.43. The third-order valence-electron chi connectivity index (χ3n) is 3.66. The largest absolute Gasteiger partial charge is 0.351 e. The normalized spacial score (nSPS) is 11.3. The summed E-state index contributed by atoms with van der Waals surface area (Å²) in [5.74, 6) is 1.04. The average molecular weight is 345 g/mol. The van der Waals surface area contributed by atoms with Crippen molar-refractivity contribution in [3.63, 3.8) is 0 Å². The highest BCUT2D eigenvalue weighted by molar-refractivity contribution is 7.99. The molecule has 0 unspecified atom stereocenters. The molecule has 128 valence electrons. The minimum Gasteiger partial charge on any atom is -0.351 e. The molecule has 0 fully saturated rings. The Kier molecular flexibility index (Phi) is 6.14. The second-order valence-electron chi connectivity index (χ2n) is 6.02. The zero-order valence-electron chi connectivity index (χ0n) is 14.3. The fourth-order valence-electron chi connectivity index (χ4n) is 2.04. The topological polar surface area (TPSA) is 72.7 Å². The molecule has 0 bridgehead atoms. The summed E-state index contributed by atoms with van der Waals surface area (Å²) in [4.78, 5) is 16.1. The van der Waals surface area contributed by atoms with E-state index in [1.54, 1.807) is 18.5 Å². The summed E-state index contributed by atoms with van der Waals surface area (Å²) in [5.41, 5.74) is 0.733. The maximum Gasteiger partial charge on any atom is 0.230 e. The first-order chi connectivity index (χ1) is 11.5. The summed E-state index contributed by atoms with van der Waals surface area (Å²) < 4.78 is 1.95. The van der Waals surface area contributed by atoms with E-state index in [0.29, 0.717) is 17.5 Å². The number of thioether (sulfide) groups is 1. The number of pyridine rings is 1. The molecule has 0 saturated heterocycles. The van der Waals surface area contributed by atoms with E-state index >= 15 is 0 Å². The molecule has 0 spiro atoms. The lowest BCUT2D eigenvalue weighted by Gasteiger charge is -2.24. The first-order valence-electron chi connectivity index (χ1n) is 7.85. The minimum atomic E-state index is -0.200. The Labute approximate surface area is 146 Å². The fraction of sp³-hybridized carbons (Fsp3) is 0.412. The molecule has 2 aromatic rings. The zero-order chi connectivity index (χ0) is 17.6. The van der Waals surface area contributed by atoms with E-state index in [1.165, 1.54) is 11.8 Å². The number of hydrogen-bond donors (Lipinski definition) is 1. The highest BCUT2D eigenvalue weighted by atomic mass is 32.2. The van der Waals surface area contributed by atoms with Crippen LogP contribution in [0.15, 0.2) is 42.3 Å². The van der Waals surface area contributed by atoms with Gasteiger partial charge in [0.15, 0.2) is 11.0 Å². The molecule has 6 nitrogen and oxygen atoms in total. The summed E-state index contributed by atoms with van der Waals surface area (Å²) in [6.45, 7) is 10.4. The second-order valence-corrected chi connectivity index (χ2v) is 6.96. The summed E-state index contributed by atoms with van der Waals surface area (Å²) in [6.07, 6.45) is 6.10. The molecule has 7 heteroatoms. The number of rotatable bonds is 8. The Morgan fingerprint density at radius 1 is 1.38 bits per heavy atom. The lowest BCUT2D eigenvalue weighted by molar-refractivity contribution is -0.120. The lowest BCUT2D eigenvalue weighted by atomic mass is 10.0. The van der Waals surface area contributed by atoms with Crippen LogP contribution in [-0.2, 0) is 11.3 Å². The second kappa shape index (κ2) is 8.10. The van der Waals surface area contributed by atoms with E-state index in [9.17, 15) is 4.79 Å². The summed E-state index contributed by atoms with van der Waals surface area (Å²) in [7, 11) is 0. The van der Waals surface area contributed by atoms with Gasteiger partial charge in [-0.15, -0.1) is 16.8 Å². The van der Waals surface area contributed by atoms with Gasteiger partial charge in [0.2, 0.25) is 5.91 Å². The molecule has 0 saturated carbocycles. The van der Waals surface area contributed by atoms with Gasteiger partial charge in [-0.25, -0.2) is 0 Å². The quantitative estimate of drug-likeness (QED) is 0.588. The average Bonchev–Trinajstić information content (AvgIpc) is 2.96. The van der Waals surface area contributed by atoms with Gasteiger partial charge in [0, 0.05) is 30.0 Å². The molecule has 0 aromatic carbocycles. The molecule has 0 aliphatic carbocycles. The van der Waals surface area contributed by atoms with Crippen molar-refractivity contribution in [2.24, 2.45) is 0 Å². The van der Waals surface area contributed by atoms with Crippen LogP contribution in [0.1, 0.15) is 27.2 Å². The molecule has 0 aliphatic heterocycles. The van der Waals surface area contributed by atoms with Crippen LogP contribution >= 0.6 is 11.8 Å². The Morgan fingerprint density at radius 3 is 2.71 bits per heavy atom.